The van der Waals surface area contributed by atoms with Crippen molar-refractivity contribution >= 4 is 10.9 Å². The molecule has 84 valence electrons. The predicted octanol–water partition coefficient (Wildman–Crippen LogP) is 3.06. The van der Waals surface area contributed by atoms with Crippen molar-refractivity contribution in [1.29, 1.82) is 0 Å². The summed E-state index contributed by atoms with van der Waals surface area (Å²) in [6.45, 7) is 6.35. The lowest BCUT2D eigenvalue weighted by Crippen LogP contribution is -2.38. The fraction of sp³-hybridized carbons (Fsp3) is 0.357. The number of hydrogen-bond donors (Lipinski definition) is 1. The molecule has 0 amide bonds. The molecule has 0 radical (unpaired) electrons. The summed E-state index contributed by atoms with van der Waals surface area (Å²) in [4.78, 5) is 4.36. The second-order valence-electron chi connectivity index (χ2n) is 4.85. The fourth-order valence-corrected chi connectivity index (χ4v) is 1.73. The minimum absolute atomic E-state index is 0.300. The molecular weight excluding hydrogens is 196 g/mol. The van der Waals surface area contributed by atoms with E-state index in [-0.39, 0.29) is 5.54 Å². The molecule has 0 fully saturated rings. The third-order valence-corrected chi connectivity index (χ3v) is 3.43. The zero-order valence-corrected chi connectivity index (χ0v) is 10.1. The zero-order valence-electron chi connectivity index (χ0n) is 10.1. The van der Waals surface area contributed by atoms with E-state index in [4.69, 9.17) is 5.73 Å². The van der Waals surface area contributed by atoms with Gasteiger partial charge in [0.2, 0.25) is 0 Å². The maximum atomic E-state index is 6.34. The molecule has 0 aliphatic rings. The molecule has 1 aromatic carbocycles. The molecule has 2 heteroatoms. The number of hydrogen-bond acceptors (Lipinski definition) is 2. The SMILES string of the molecule is CC(C)C(C)(N)c1ccc2cccnc2c1. The number of benzene rings is 1. The monoisotopic (exact) mass is 214 g/mol. The third kappa shape index (κ3) is 1.81. The Kier molecular flexibility index (Phi) is 2.68. The van der Waals surface area contributed by atoms with Crippen LogP contribution in [-0.2, 0) is 5.54 Å². The van der Waals surface area contributed by atoms with Gasteiger partial charge in [-0.1, -0.05) is 32.0 Å². The summed E-state index contributed by atoms with van der Waals surface area (Å²) in [6, 6.07) is 10.3. The maximum Gasteiger partial charge on any atom is 0.0705 e. The molecule has 2 nitrogen and oxygen atoms in total. The standard InChI is InChI=1S/C14H18N2/c1-10(2)14(3,15)12-7-6-11-5-4-8-16-13(11)9-12/h4-10H,15H2,1-3H3. The Balaban J connectivity index is 2.55. The van der Waals surface area contributed by atoms with Crippen molar-refractivity contribution in [3.05, 3.63) is 42.1 Å². The topological polar surface area (TPSA) is 38.9 Å². The highest BCUT2D eigenvalue weighted by atomic mass is 14.7. The average Bonchev–Trinajstić information content (AvgIpc) is 2.28. The van der Waals surface area contributed by atoms with Crippen molar-refractivity contribution in [2.75, 3.05) is 0 Å². The second-order valence-corrected chi connectivity index (χ2v) is 4.85. The first-order valence-electron chi connectivity index (χ1n) is 5.66. The van der Waals surface area contributed by atoms with Crippen molar-refractivity contribution in [1.82, 2.24) is 4.98 Å². The Morgan fingerprint density at radius 1 is 1.25 bits per heavy atom. The maximum absolute atomic E-state index is 6.34. The summed E-state index contributed by atoms with van der Waals surface area (Å²) in [5.74, 6) is 0.397. The van der Waals surface area contributed by atoms with Crippen LogP contribution in [0.4, 0.5) is 0 Å². The van der Waals surface area contributed by atoms with E-state index in [0.717, 1.165) is 16.5 Å². The summed E-state index contributed by atoms with van der Waals surface area (Å²) in [6.07, 6.45) is 1.81. The largest absolute Gasteiger partial charge is 0.321 e. The normalized spacial score (nSPS) is 15.3. The van der Waals surface area contributed by atoms with E-state index in [0.29, 0.717) is 5.92 Å². The van der Waals surface area contributed by atoms with E-state index >= 15 is 0 Å². The molecule has 2 rings (SSSR count). The van der Waals surface area contributed by atoms with Crippen LogP contribution in [-0.4, -0.2) is 4.98 Å². The van der Waals surface area contributed by atoms with Crippen LogP contribution < -0.4 is 5.73 Å². The minimum atomic E-state index is -0.300. The van der Waals surface area contributed by atoms with Crippen LogP contribution in [0.15, 0.2) is 36.5 Å². The van der Waals surface area contributed by atoms with Gasteiger partial charge in [-0.05, 0) is 30.5 Å². The Morgan fingerprint density at radius 2 is 2.00 bits per heavy atom. The second kappa shape index (κ2) is 3.87. The van der Waals surface area contributed by atoms with Crippen molar-refractivity contribution in [3.63, 3.8) is 0 Å². The Bertz CT molecular complexity index is 501. The minimum Gasteiger partial charge on any atom is -0.321 e. The summed E-state index contributed by atoms with van der Waals surface area (Å²) < 4.78 is 0. The Labute approximate surface area is 96.5 Å². The van der Waals surface area contributed by atoms with Crippen LogP contribution >= 0.6 is 0 Å². The third-order valence-electron chi connectivity index (χ3n) is 3.43. The molecule has 0 spiro atoms. The van der Waals surface area contributed by atoms with Gasteiger partial charge in [-0.25, -0.2) is 0 Å². The van der Waals surface area contributed by atoms with Crippen molar-refractivity contribution in [2.45, 2.75) is 26.3 Å². The molecular formula is C14H18N2. The van der Waals surface area contributed by atoms with Gasteiger partial charge in [-0.15, -0.1) is 0 Å². The highest BCUT2D eigenvalue weighted by Crippen LogP contribution is 2.28. The van der Waals surface area contributed by atoms with E-state index < -0.39 is 0 Å². The molecule has 0 saturated heterocycles. The van der Waals surface area contributed by atoms with Crippen molar-refractivity contribution in [2.24, 2.45) is 11.7 Å². The Morgan fingerprint density at radius 3 is 2.69 bits per heavy atom. The van der Waals surface area contributed by atoms with Gasteiger partial charge in [0.15, 0.2) is 0 Å². The number of nitrogens with zero attached hydrogens (tertiary/aromatic N) is 1. The highest BCUT2D eigenvalue weighted by Gasteiger charge is 2.25. The number of fused-ring (bicyclic) bond motifs is 1. The number of aromatic nitrogens is 1. The smallest absolute Gasteiger partial charge is 0.0705 e. The van der Waals surface area contributed by atoms with E-state index in [1.165, 1.54) is 0 Å². The molecule has 1 heterocycles. The van der Waals surface area contributed by atoms with E-state index in [9.17, 15) is 0 Å². The first-order valence-corrected chi connectivity index (χ1v) is 5.66. The quantitative estimate of drug-likeness (QED) is 0.834. The first-order chi connectivity index (χ1) is 7.51. The Hall–Kier alpha value is -1.41. The molecule has 1 aromatic heterocycles. The van der Waals surface area contributed by atoms with Gasteiger partial charge in [0.05, 0.1) is 5.52 Å². The average molecular weight is 214 g/mol. The van der Waals surface area contributed by atoms with Gasteiger partial charge in [0, 0.05) is 17.1 Å². The fourth-order valence-electron chi connectivity index (χ4n) is 1.73. The number of pyridine rings is 1. The number of nitrogens with two attached hydrogens (primary N) is 1. The lowest BCUT2D eigenvalue weighted by atomic mass is 9.82. The van der Waals surface area contributed by atoms with Gasteiger partial charge in [-0.2, -0.15) is 0 Å². The zero-order chi connectivity index (χ0) is 11.8. The molecule has 1 unspecified atom stereocenters. The molecule has 0 bridgehead atoms. The van der Waals surface area contributed by atoms with Crippen LogP contribution in [0.1, 0.15) is 26.3 Å². The summed E-state index contributed by atoms with van der Waals surface area (Å²) in [5, 5.41) is 1.16. The van der Waals surface area contributed by atoms with Crippen molar-refractivity contribution < 1.29 is 0 Å². The molecule has 2 aromatic rings. The van der Waals surface area contributed by atoms with Gasteiger partial charge >= 0.3 is 0 Å². The van der Waals surface area contributed by atoms with Crippen LogP contribution in [0.3, 0.4) is 0 Å². The van der Waals surface area contributed by atoms with Gasteiger partial charge in [0.25, 0.3) is 0 Å². The van der Waals surface area contributed by atoms with E-state index in [1.54, 1.807) is 0 Å². The molecule has 0 saturated carbocycles. The molecule has 2 N–H and O–H groups in total. The van der Waals surface area contributed by atoms with Gasteiger partial charge < -0.3 is 5.73 Å². The molecule has 1 atom stereocenters. The van der Waals surface area contributed by atoms with Crippen molar-refractivity contribution in [3.8, 4) is 0 Å². The van der Waals surface area contributed by atoms with Gasteiger partial charge in [-0.3, -0.25) is 4.98 Å². The lowest BCUT2D eigenvalue weighted by molar-refractivity contribution is 0.351. The van der Waals surface area contributed by atoms with Gasteiger partial charge in [0.1, 0.15) is 0 Å². The lowest BCUT2D eigenvalue weighted by Gasteiger charge is -2.29. The number of rotatable bonds is 2. The summed E-state index contributed by atoms with van der Waals surface area (Å²) in [5.41, 5.74) is 8.20. The van der Waals surface area contributed by atoms with E-state index in [1.807, 2.05) is 12.3 Å². The van der Waals surface area contributed by atoms with Crippen LogP contribution in [0.2, 0.25) is 0 Å². The molecule has 16 heavy (non-hydrogen) atoms. The summed E-state index contributed by atoms with van der Waals surface area (Å²) >= 11 is 0. The van der Waals surface area contributed by atoms with Crippen LogP contribution in [0, 0.1) is 5.92 Å². The molecule has 0 aliphatic carbocycles. The predicted molar refractivity (Wildman–Crippen MR) is 68.1 cm³/mol. The first kappa shape index (κ1) is 11.1. The van der Waals surface area contributed by atoms with Crippen LogP contribution in [0.5, 0.6) is 0 Å². The summed E-state index contributed by atoms with van der Waals surface area (Å²) in [7, 11) is 0. The van der Waals surface area contributed by atoms with E-state index in [2.05, 4.69) is 50.0 Å². The van der Waals surface area contributed by atoms with Crippen LogP contribution in [0.25, 0.3) is 10.9 Å². The highest BCUT2D eigenvalue weighted by molar-refractivity contribution is 5.79. The molecule has 0 aliphatic heterocycles.